The molecule has 0 atom stereocenters. The van der Waals surface area contributed by atoms with Crippen LogP contribution in [0.3, 0.4) is 0 Å². The number of nitrogens with zero attached hydrogens (tertiary/aromatic N) is 2. The first-order valence-electron chi connectivity index (χ1n) is 7.14. The lowest BCUT2D eigenvalue weighted by atomic mass is 10.1. The van der Waals surface area contributed by atoms with Gasteiger partial charge in [0.1, 0.15) is 0 Å². The first-order valence-corrected chi connectivity index (χ1v) is 7.14. The monoisotopic (exact) mass is 300 g/mol. The number of para-hydroxylation sites is 2. The Bertz CT molecular complexity index is 676. The third-order valence-corrected chi connectivity index (χ3v) is 3.01. The smallest absolute Gasteiger partial charge is 0.258 e. The first-order chi connectivity index (χ1) is 10.5. The highest BCUT2D eigenvalue weighted by molar-refractivity contribution is 6.07. The predicted octanol–water partition coefficient (Wildman–Crippen LogP) is 2.66. The van der Waals surface area contributed by atoms with Gasteiger partial charge in [0.2, 0.25) is 5.91 Å². The average molecular weight is 300 g/mol. The van der Waals surface area contributed by atoms with Crippen LogP contribution in [0.5, 0.6) is 0 Å². The summed E-state index contributed by atoms with van der Waals surface area (Å²) >= 11 is 0. The van der Waals surface area contributed by atoms with Crippen molar-refractivity contribution in [2.75, 3.05) is 10.6 Å². The zero-order valence-corrected chi connectivity index (χ0v) is 13.0. The van der Waals surface area contributed by atoms with Crippen LogP contribution in [0.2, 0.25) is 0 Å². The van der Waals surface area contributed by atoms with E-state index >= 15 is 0 Å². The molecule has 0 aliphatic carbocycles. The highest BCUT2D eigenvalue weighted by Gasteiger charge is 2.12. The molecule has 6 heteroatoms. The molecule has 2 rings (SSSR count). The second-order valence-electron chi connectivity index (χ2n) is 5.55. The van der Waals surface area contributed by atoms with Gasteiger partial charge in [0.15, 0.2) is 0 Å². The minimum atomic E-state index is -0.265. The largest absolute Gasteiger partial charge is 0.324 e. The summed E-state index contributed by atoms with van der Waals surface area (Å²) in [5.41, 5.74) is 1.62. The van der Waals surface area contributed by atoms with Crippen LogP contribution >= 0.6 is 0 Å². The second-order valence-corrected chi connectivity index (χ2v) is 5.55. The van der Waals surface area contributed by atoms with Gasteiger partial charge in [0, 0.05) is 19.7 Å². The van der Waals surface area contributed by atoms with Crippen LogP contribution < -0.4 is 10.6 Å². The quantitative estimate of drug-likeness (QED) is 0.891. The van der Waals surface area contributed by atoms with Crippen LogP contribution in [0.25, 0.3) is 0 Å². The van der Waals surface area contributed by atoms with E-state index in [4.69, 9.17) is 0 Å². The van der Waals surface area contributed by atoms with Crippen LogP contribution in [0.15, 0.2) is 36.7 Å². The molecule has 0 spiro atoms. The number of carbonyl (C=O) groups excluding carboxylic acids is 2. The summed E-state index contributed by atoms with van der Waals surface area (Å²) in [6.45, 7) is 3.96. The second kappa shape index (κ2) is 6.89. The lowest BCUT2D eigenvalue weighted by molar-refractivity contribution is -0.116. The van der Waals surface area contributed by atoms with Gasteiger partial charge in [-0.2, -0.15) is 5.10 Å². The highest BCUT2D eigenvalue weighted by Crippen LogP contribution is 2.22. The van der Waals surface area contributed by atoms with Crippen molar-refractivity contribution in [3.8, 4) is 0 Å². The molecule has 0 aliphatic rings. The Morgan fingerprint density at radius 3 is 2.36 bits per heavy atom. The van der Waals surface area contributed by atoms with E-state index in [2.05, 4.69) is 15.7 Å². The number of amides is 2. The molecule has 0 saturated heterocycles. The van der Waals surface area contributed by atoms with Crippen LogP contribution in [0.4, 0.5) is 11.4 Å². The maximum atomic E-state index is 12.2. The van der Waals surface area contributed by atoms with Crippen molar-refractivity contribution >= 4 is 23.2 Å². The molecule has 6 nitrogen and oxygen atoms in total. The number of anilines is 2. The maximum absolute atomic E-state index is 12.2. The Balaban J connectivity index is 2.11. The molecule has 0 aliphatic heterocycles. The van der Waals surface area contributed by atoms with Gasteiger partial charge in [-0.05, 0) is 18.1 Å². The Morgan fingerprint density at radius 1 is 1.18 bits per heavy atom. The Kier molecular flexibility index (Phi) is 4.93. The number of carbonyl (C=O) groups is 2. The van der Waals surface area contributed by atoms with E-state index in [1.54, 1.807) is 36.1 Å². The van der Waals surface area contributed by atoms with Gasteiger partial charge in [-0.3, -0.25) is 14.3 Å². The van der Waals surface area contributed by atoms with E-state index in [1.165, 1.54) is 6.20 Å². The summed E-state index contributed by atoms with van der Waals surface area (Å²) in [5.74, 6) is -0.0612. The van der Waals surface area contributed by atoms with Crippen molar-refractivity contribution in [1.82, 2.24) is 9.78 Å². The van der Waals surface area contributed by atoms with Crippen molar-refractivity contribution in [2.45, 2.75) is 20.3 Å². The first kappa shape index (κ1) is 15.8. The summed E-state index contributed by atoms with van der Waals surface area (Å²) in [5, 5.41) is 9.59. The number of rotatable bonds is 5. The molecule has 0 radical (unpaired) electrons. The third kappa shape index (κ3) is 4.18. The van der Waals surface area contributed by atoms with Gasteiger partial charge in [0.25, 0.3) is 5.91 Å². The summed E-state index contributed by atoms with van der Waals surface area (Å²) in [7, 11) is 1.75. The lowest BCUT2D eigenvalue weighted by Crippen LogP contribution is -2.17. The van der Waals surface area contributed by atoms with Crippen molar-refractivity contribution < 1.29 is 9.59 Å². The molecule has 2 amide bonds. The lowest BCUT2D eigenvalue weighted by Gasteiger charge is -2.12. The van der Waals surface area contributed by atoms with Gasteiger partial charge in [-0.15, -0.1) is 0 Å². The molecular weight excluding hydrogens is 280 g/mol. The van der Waals surface area contributed by atoms with Crippen LogP contribution in [-0.4, -0.2) is 21.6 Å². The number of benzene rings is 1. The molecule has 2 aromatic rings. The minimum Gasteiger partial charge on any atom is -0.324 e. The number of aromatic nitrogens is 2. The predicted molar refractivity (Wildman–Crippen MR) is 85.7 cm³/mol. The van der Waals surface area contributed by atoms with E-state index in [9.17, 15) is 9.59 Å². The fourth-order valence-corrected chi connectivity index (χ4v) is 2.01. The molecule has 0 unspecified atom stereocenters. The molecule has 1 aromatic heterocycles. The summed E-state index contributed by atoms with van der Waals surface area (Å²) < 4.78 is 1.56. The van der Waals surface area contributed by atoms with Crippen LogP contribution in [-0.2, 0) is 11.8 Å². The SMILES string of the molecule is CC(C)CC(=O)Nc1ccccc1NC(=O)c1cnn(C)c1. The van der Waals surface area contributed by atoms with E-state index in [-0.39, 0.29) is 17.7 Å². The summed E-state index contributed by atoms with van der Waals surface area (Å²) in [6.07, 6.45) is 3.56. The topological polar surface area (TPSA) is 76.0 Å². The number of aryl methyl sites for hydroxylation is 1. The number of nitrogens with one attached hydrogen (secondary N) is 2. The Morgan fingerprint density at radius 2 is 1.82 bits per heavy atom. The van der Waals surface area contributed by atoms with E-state index in [1.807, 2.05) is 19.9 Å². The molecule has 2 N–H and O–H groups in total. The van der Waals surface area contributed by atoms with Crippen LogP contribution in [0.1, 0.15) is 30.6 Å². The molecule has 0 fully saturated rings. The molecular formula is C16H20N4O2. The fourth-order valence-electron chi connectivity index (χ4n) is 2.01. The van der Waals surface area contributed by atoms with Gasteiger partial charge in [-0.25, -0.2) is 0 Å². The van der Waals surface area contributed by atoms with Gasteiger partial charge < -0.3 is 10.6 Å². The number of hydrogen-bond donors (Lipinski definition) is 2. The zero-order valence-electron chi connectivity index (χ0n) is 13.0. The fraction of sp³-hybridized carbons (Fsp3) is 0.312. The van der Waals surface area contributed by atoms with Crippen molar-refractivity contribution in [3.05, 3.63) is 42.2 Å². The van der Waals surface area contributed by atoms with Gasteiger partial charge in [-0.1, -0.05) is 26.0 Å². The summed E-state index contributed by atoms with van der Waals surface area (Å²) in [6, 6.07) is 7.12. The molecule has 1 heterocycles. The average Bonchev–Trinajstić information content (AvgIpc) is 2.87. The molecule has 22 heavy (non-hydrogen) atoms. The van der Waals surface area contributed by atoms with Gasteiger partial charge >= 0.3 is 0 Å². The molecule has 0 bridgehead atoms. The van der Waals surface area contributed by atoms with E-state index < -0.39 is 0 Å². The normalized spacial score (nSPS) is 10.5. The molecule has 116 valence electrons. The van der Waals surface area contributed by atoms with E-state index in [0.29, 0.717) is 23.4 Å². The van der Waals surface area contributed by atoms with Crippen molar-refractivity contribution in [1.29, 1.82) is 0 Å². The Labute approximate surface area is 129 Å². The standard InChI is InChI=1S/C16H20N4O2/c1-11(2)8-15(21)18-13-6-4-5-7-14(13)19-16(22)12-9-17-20(3)10-12/h4-7,9-11H,8H2,1-3H3,(H,18,21)(H,19,22). The number of hydrogen-bond acceptors (Lipinski definition) is 3. The van der Waals surface area contributed by atoms with Crippen molar-refractivity contribution in [2.24, 2.45) is 13.0 Å². The van der Waals surface area contributed by atoms with Crippen LogP contribution in [0, 0.1) is 5.92 Å². The van der Waals surface area contributed by atoms with E-state index in [0.717, 1.165) is 0 Å². The zero-order chi connectivity index (χ0) is 16.1. The maximum Gasteiger partial charge on any atom is 0.258 e. The van der Waals surface area contributed by atoms with Crippen molar-refractivity contribution in [3.63, 3.8) is 0 Å². The molecule has 0 saturated carbocycles. The third-order valence-electron chi connectivity index (χ3n) is 3.01. The minimum absolute atomic E-state index is 0.0712. The Hall–Kier alpha value is -2.63. The highest BCUT2D eigenvalue weighted by atomic mass is 16.2. The van der Waals surface area contributed by atoms with Gasteiger partial charge in [0.05, 0.1) is 23.1 Å². The summed E-state index contributed by atoms with van der Waals surface area (Å²) in [4.78, 5) is 24.1. The molecule has 1 aromatic carbocycles.